The van der Waals surface area contributed by atoms with Crippen LogP contribution in [-0.4, -0.2) is 71.0 Å². The van der Waals surface area contributed by atoms with Gasteiger partial charge in [-0.2, -0.15) is 0 Å². The lowest BCUT2D eigenvalue weighted by molar-refractivity contribution is -0.911. The number of aryl methyl sites for hydroxylation is 2. The molecular formula is C27H32Br2ClN4O3+. The number of hydrogen-bond acceptors (Lipinski definition) is 4. The van der Waals surface area contributed by atoms with E-state index in [9.17, 15) is 14.8 Å². The Morgan fingerprint density at radius 3 is 2.35 bits per heavy atom. The van der Waals surface area contributed by atoms with Gasteiger partial charge >= 0.3 is 0 Å². The number of hydrogen-bond donors (Lipinski definition) is 1. The van der Waals surface area contributed by atoms with E-state index in [0.717, 1.165) is 64.5 Å². The van der Waals surface area contributed by atoms with Gasteiger partial charge in [-0.3, -0.25) is 19.7 Å². The fourth-order valence-electron chi connectivity index (χ4n) is 6.08. The van der Waals surface area contributed by atoms with Crippen molar-refractivity contribution in [3.8, 4) is 0 Å². The topological polar surface area (TPSA) is 68.0 Å². The summed E-state index contributed by atoms with van der Waals surface area (Å²) in [6, 6.07) is 5.89. The molecule has 37 heavy (non-hydrogen) atoms. The third-order valence-corrected chi connectivity index (χ3v) is 9.37. The first-order valence-electron chi connectivity index (χ1n) is 12.9. The number of carbonyl (C=O) groups is 2. The molecule has 0 radical (unpaired) electrons. The molecule has 2 amide bonds. The number of halogens is 3. The van der Waals surface area contributed by atoms with Crippen LogP contribution in [0.2, 0.25) is 5.02 Å². The first-order valence-corrected chi connectivity index (χ1v) is 14.9. The third-order valence-electron chi connectivity index (χ3n) is 8.06. The summed E-state index contributed by atoms with van der Waals surface area (Å²) in [6.45, 7) is 5.83. The van der Waals surface area contributed by atoms with Crippen molar-refractivity contribution < 1.29 is 19.5 Å². The number of carbonyl (C=O) groups excluding carboxylic acids is 2. The summed E-state index contributed by atoms with van der Waals surface area (Å²) in [4.78, 5) is 31.0. The van der Waals surface area contributed by atoms with Gasteiger partial charge in [-0.1, -0.05) is 27.5 Å². The molecule has 7 nitrogen and oxygen atoms in total. The van der Waals surface area contributed by atoms with E-state index in [4.69, 9.17) is 11.6 Å². The molecule has 2 aliphatic heterocycles. The van der Waals surface area contributed by atoms with E-state index in [2.05, 4.69) is 42.8 Å². The largest absolute Gasteiger partial charge is 0.343 e. The molecule has 1 atom stereocenters. The number of nitrogens with zero attached hydrogens (tertiary/aromatic N) is 4. The molecule has 1 N–H and O–H groups in total. The number of piperidine rings is 1. The van der Waals surface area contributed by atoms with Crippen molar-refractivity contribution in [3.63, 3.8) is 0 Å². The van der Waals surface area contributed by atoms with Gasteiger partial charge in [0, 0.05) is 72.4 Å². The highest BCUT2D eigenvalue weighted by Crippen LogP contribution is 2.41. The van der Waals surface area contributed by atoms with Gasteiger partial charge in [-0.05, 0) is 76.9 Å². The maximum absolute atomic E-state index is 13.2. The van der Waals surface area contributed by atoms with Crippen LogP contribution >= 0.6 is 43.5 Å². The number of aromatic nitrogens is 1. The number of piperazine rings is 1. The fourth-order valence-corrected chi connectivity index (χ4v) is 7.64. The molecule has 1 aromatic heterocycles. The lowest BCUT2D eigenvalue weighted by Gasteiger charge is -2.39. The summed E-state index contributed by atoms with van der Waals surface area (Å²) in [5, 5.41) is 11.7. The Kier molecular flexibility index (Phi) is 8.15. The zero-order valence-electron chi connectivity index (χ0n) is 20.9. The molecule has 0 bridgehead atoms. The second kappa shape index (κ2) is 11.2. The summed E-state index contributed by atoms with van der Waals surface area (Å²) >= 11 is 13.7. The molecule has 2 aromatic rings. The van der Waals surface area contributed by atoms with E-state index >= 15 is 0 Å². The van der Waals surface area contributed by atoms with E-state index in [1.54, 1.807) is 13.1 Å². The minimum Gasteiger partial charge on any atom is -0.343 e. The predicted molar refractivity (Wildman–Crippen MR) is 148 cm³/mol. The van der Waals surface area contributed by atoms with Gasteiger partial charge < -0.3 is 9.80 Å². The lowest BCUT2D eigenvalue weighted by Crippen LogP contribution is -2.52. The van der Waals surface area contributed by atoms with Gasteiger partial charge in [0.2, 0.25) is 18.0 Å². The highest BCUT2D eigenvalue weighted by Gasteiger charge is 2.40. The first-order chi connectivity index (χ1) is 17.7. The zero-order chi connectivity index (χ0) is 26.3. The normalized spacial score (nSPS) is 20.8. The smallest absolute Gasteiger partial charge is 0.258 e. The molecule has 1 aliphatic carbocycles. The van der Waals surface area contributed by atoms with Gasteiger partial charge in [0.15, 0.2) is 0 Å². The van der Waals surface area contributed by atoms with Crippen molar-refractivity contribution >= 4 is 55.3 Å². The van der Waals surface area contributed by atoms with Gasteiger partial charge in [0.05, 0.1) is 4.47 Å². The minimum atomic E-state index is -0.162. The van der Waals surface area contributed by atoms with Crippen LogP contribution in [0.1, 0.15) is 54.6 Å². The summed E-state index contributed by atoms with van der Waals surface area (Å²) in [5.41, 5.74) is 4.26. The van der Waals surface area contributed by atoms with Crippen molar-refractivity contribution in [1.82, 2.24) is 14.7 Å². The Hall–Kier alpha value is -1.68. The van der Waals surface area contributed by atoms with Crippen molar-refractivity contribution in [2.24, 2.45) is 5.92 Å². The van der Waals surface area contributed by atoms with E-state index in [1.807, 2.05) is 21.9 Å². The summed E-state index contributed by atoms with van der Waals surface area (Å²) in [7, 11) is 0. The molecule has 0 unspecified atom stereocenters. The number of rotatable bonds is 3. The maximum atomic E-state index is 13.2. The highest BCUT2D eigenvalue weighted by atomic mass is 79.9. The Balaban J connectivity index is 1.34. The number of amides is 2. The van der Waals surface area contributed by atoms with Crippen LogP contribution in [0.4, 0.5) is 0 Å². The molecular weight excluding hydrogens is 624 g/mol. The molecule has 0 spiro atoms. The molecule has 3 aliphatic rings. The fraction of sp³-hybridized carbons (Fsp3) is 0.519. The summed E-state index contributed by atoms with van der Waals surface area (Å²) in [6.07, 6.45) is 5.66. The number of likely N-dealkylation sites (tertiary alicyclic amines) is 1. The van der Waals surface area contributed by atoms with Crippen LogP contribution in [0.5, 0.6) is 0 Å². The minimum absolute atomic E-state index is 0.119. The molecule has 1 aromatic carbocycles. The van der Waals surface area contributed by atoms with Crippen molar-refractivity contribution in [2.75, 3.05) is 39.3 Å². The lowest BCUT2D eigenvalue weighted by atomic mass is 9.92. The van der Waals surface area contributed by atoms with Gasteiger partial charge in [0.1, 0.15) is 6.04 Å². The Morgan fingerprint density at radius 1 is 1.00 bits per heavy atom. The predicted octanol–water partition coefficient (Wildman–Crippen LogP) is 4.37. The molecule has 10 heteroatoms. The Labute approximate surface area is 239 Å². The molecule has 5 rings (SSSR count). The quantitative estimate of drug-likeness (QED) is 0.394. The van der Waals surface area contributed by atoms with Crippen molar-refractivity contribution in [2.45, 2.75) is 45.1 Å². The van der Waals surface area contributed by atoms with Gasteiger partial charge in [-0.25, -0.2) is 0 Å². The van der Waals surface area contributed by atoms with E-state index in [-0.39, 0.29) is 17.9 Å². The third kappa shape index (κ3) is 5.70. The average molecular weight is 656 g/mol. The number of benzene rings is 1. The molecule has 2 fully saturated rings. The second-order valence-corrected chi connectivity index (χ2v) is 12.6. The molecule has 0 saturated carbocycles. The van der Waals surface area contributed by atoms with Crippen LogP contribution in [0.25, 0.3) is 0 Å². The van der Waals surface area contributed by atoms with E-state index in [0.29, 0.717) is 43.5 Å². The molecule has 2 saturated heterocycles. The first kappa shape index (κ1) is 26.9. The van der Waals surface area contributed by atoms with Crippen molar-refractivity contribution in [3.05, 3.63) is 60.7 Å². The van der Waals surface area contributed by atoms with E-state index in [1.165, 1.54) is 10.3 Å². The maximum Gasteiger partial charge on any atom is 0.258 e. The number of fused-ring (bicyclic) bond motifs is 2. The van der Waals surface area contributed by atoms with Crippen molar-refractivity contribution in [1.29, 1.82) is 0 Å². The van der Waals surface area contributed by atoms with Crippen LogP contribution < -0.4 is 4.73 Å². The average Bonchev–Trinajstić information content (AvgIpc) is 3.02. The summed E-state index contributed by atoms with van der Waals surface area (Å²) < 4.78 is 3.02. The second-order valence-electron chi connectivity index (χ2n) is 10.3. The highest BCUT2D eigenvalue weighted by molar-refractivity contribution is 9.10. The monoisotopic (exact) mass is 653 g/mol. The summed E-state index contributed by atoms with van der Waals surface area (Å²) in [5.74, 6) is 0.666. The van der Waals surface area contributed by atoms with Crippen LogP contribution in [0.3, 0.4) is 0 Å². The zero-order valence-corrected chi connectivity index (χ0v) is 24.9. The number of pyridine rings is 1. The standard InChI is InChI=1S/C27H32Br2ClN4O3/c1-17(35)31-6-4-18(5-7-31)12-24(36)32-8-10-33(11-9-32)27-25-19(14-22(30)15-23(25)29)2-3-20-13-21(28)16-34(37)26(20)27/h13-16,18,27,37H,2-12H2,1H3/q+1/t27-/m1/s1. The Morgan fingerprint density at radius 2 is 1.68 bits per heavy atom. The van der Waals surface area contributed by atoms with E-state index < -0.39 is 0 Å². The Bertz CT molecular complexity index is 1150. The van der Waals surface area contributed by atoms with Gasteiger partial charge in [0.25, 0.3) is 5.69 Å². The SMILES string of the molecule is CC(=O)N1CCC(CC(=O)N2CCN([C@@H]3c4c(Br)cc(Cl)cc4CCc4cc(Br)c[n+](O)c43)CC2)CC1. The van der Waals surface area contributed by atoms with Crippen LogP contribution in [0.15, 0.2) is 33.3 Å². The molecule has 198 valence electrons. The van der Waals surface area contributed by atoms with Crippen LogP contribution in [0, 0.1) is 5.92 Å². The molecule has 3 heterocycles. The van der Waals surface area contributed by atoms with Gasteiger partial charge in [-0.15, -0.1) is 0 Å². The van der Waals surface area contributed by atoms with Crippen LogP contribution in [-0.2, 0) is 22.4 Å².